The first-order valence-electron chi connectivity index (χ1n) is 12.2. The first kappa shape index (κ1) is 25.3. The van der Waals surface area contributed by atoms with Crippen LogP contribution in [0.5, 0.6) is 5.75 Å². The van der Waals surface area contributed by atoms with Crippen LogP contribution in [0.1, 0.15) is 66.4 Å². The van der Waals surface area contributed by atoms with Crippen molar-refractivity contribution in [2.24, 2.45) is 17.3 Å². The van der Waals surface area contributed by atoms with Crippen molar-refractivity contribution >= 4 is 18.5 Å². The molecule has 33 heavy (non-hydrogen) atoms. The van der Waals surface area contributed by atoms with Gasteiger partial charge in [-0.25, -0.2) is 0 Å². The number of nitrogens with one attached hydrogen (secondary N) is 1. The summed E-state index contributed by atoms with van der Waals surface area (Å²) < 4.78 is 40.2. The number of rotatable bonds is 9. The van der Waals surface area contributed by atoms with E-state index in [0.29, 0.717) is 36.9 Å². The monoisotopic (exact) mass is 477 g/mol. The Morgan fingerprint density at radius 1 is 1.21 bits per heavy atom. The van der Waals surface area contributed by atoms with Crippen LogP contribution >= 0.6 is 0 Å². The number of hydrogen-bond acceptors (Lipinski definition) is 6. The van der Waals surface area contributed by atoms with Crippen molar-refractivity contribution in [3.05, 3.63) is 29.8 Å². The fourth-order valence-electron chi connectivity index (χ4n) is 5.76. The molecule has 184 valence electrons. The quantitative estimate of drug-likeness (QED) is 0.325. The maximum atomic E-state index is 13.0. The predicted octanol–water partition coefficient (Wildman–Crippen LogP) is 4.29. The maximum absolute atomic E-state index is 13.0. The highest BCUT2D eigenvalue weighted by Crippen LogP contribution is 2.65. The Labute approximate surface area is 202 Å². The van der Waals surface area contributed by atoms with Gasteiger partial charge in [-0.2, -0.15) is 0 Å². The summed E-state index contributed by atoms with van der Waals surface area (Å²) in [7, 11) is 1.24. The fourth-order valence-corrected chi connectivity index (χ4v) is 6.62. The highest BCUT2D eigenvalue weighted by molar-refractivity contribution is 7.90. The van der Waals surface area contributed by atoms with Crippen LogP contribution in [-0.2, 0) is 32.0 Å². The largest absolute Gasteiger partial charge is 0.598 e. The van der Waals surface area contributed by atoms with Gasteiger partial charge in [0.1, 0.15) is 10.5 Å². The minimum atomic E-state index is -1.23. The molecule has 5 rings (SSSR count). The van der Waals surface area contributed by atoms with Crippen LogP contribution in [0.15, 0.2) is 24.3 Å². The normalized spacial score (nSPS) is 32.1. The summed E-state index contributed by atoms with van der Waals surface area (Å²) >= 11 is -1.23. The molecular weight excluding hydrogens is 437 g/mol. The second kappa shape index (κ2) is 9.36. The van der Waals surface area contributed by atoms with Gasteiger partial charge in [0, 0.05) is 18.0 Å². The minimum absolute atomic E-state index is 0.104. The van der Waals surface area contributed by atoms with E-state index in [1.54, 1.807) is 7.11 Å². The topological polar surface area (TPSA) is 72.0 Å². The molecule has 1 aromatic carbocycles. The lowest BCUT2D eigenvalue weighted by molar-refractivity contribution is -0.199. The molecule has 1 aliphatic heterocycles. The van der Waals surface area contributed by atoms with Crippen molar-refractivity contribution in [2.75, 3.05) is 13.7 Å². The molecule has 0 amide bonds. The summed E-state index contributed by atoms with van der Waals surface area (Å²) in [6.07, 6.45) is 3.02. The molecule has 4 fully saturated rings. The van der Waals surface area contributed by atoms with Gasteiger partial charge in [-0.05, 0) is 81.9 Å². The Morgan fingerprint density at radius 3 is 2.52 bits per heavy atom. The van der Waals surface area contributed by atoms with E-state index in [1.165, 1.54) is 6.42 Å². The molecular formula is C25H40BNO5S. The fraction of sp³-hybridized carbons (Fsp3) is 0.760. The van der Waals surface area contributed by atoms with E-state index in [-0.39, 0.29) is 22.4 Å². The molecule has 4 aliphatic rings. The first-order valence-corrected chi connectivity index (χ1v) is 13.3. The summed E-state index contributed by atoms with van der Waals surface area (Å²) in [6, 6.07) is 7.88. The number of methoxy groups -OCH3 is 1. The van der Waals surface area contributed by atoms with Crippen molar-refractivity contribution in [1.29, 1.82) is 0 Å². The van der Waals surface area contributed by atoms with Crippen LogP contribution in [0.2, 0.25) is 0 Å². The molecule has 0 aromatic heterocycles. The molecule has 1 saturated heterocycles. The lowest BCUT2D eigenvalue weighted by atomic mass is 9.43. The molecule has 3 aliphatic carbocycles. The molecule has 1 N–H and O–H groups in total. The second-order valence-corrected chi connectivity index (χ2v) is 13.6. The zero-order chi connectivity index (χ0) is 24.0. The molecule has 0 radical (unpaired) electrons. The average Bonchev–Trinajstić information content (AvgIpc) is 3.12. The van der Waals surface area contributed by atoms with Gasteiger partial charge in [0.05, 0.1) is 31.4 Å². The second-order valence-electron chi connectivity index (χ2n) is 11.6. The van der Waals surface area contributed by atoms with Gasteiger partial charge < -0.3 is 23.3 Å². The molecule has 1 heterocycles. The zero-order valence-electron chi connectivity index (χ0n) is 21.2. The molecule has 0 spiro atoms. The van der Waals surface area contributed by atoms with Crippen molar-refractivity contribution in [3.8, 4) is 5.75 Å². The third-order valence-corrected chi connectivity index (χ3v) is 9.74. The van der Waals surface area contributed by atoms with E-state index in [9.17, 15) is 4.55 Å². The van der Waals surface area contributed by atoms with E-state index in [4.69, 9.17) is 18.8 Å². The van der Waals surface area contributed by atoms with E-state index in [1.807, 2.05) is 45.0 Å². The van der Waals surface area contributed by atoms with Crippen molar-refractivity contribution < 1.29 is 23.3 Å². The van der Waals surface area contributed by atoms with Crippen LogP contribution in [0, 0.1) is 17.3 Å². The van der Waals surface area contributed by atoms with Gasteiger partial charge in [-0.1, -0.05) is 26.0 Å². The molecule has 1 unspecified atom stereocenters. The SMILES string of the molecule is COc1ccc(COCC[C@H](N[S+]([O-])C(C)(C)C)B2O[C@@H]3C[C@@H]4C[C@@H](C4(C)C)[C@]3(C)O2)cc1. The molecule has 2 bridgehead atoms. The van der Waals surface area contributed by atoms with Gasteiger partial charge in [-0.3, -0.25) is 0 Å². The highest BCUT2D eigenvalue weighted by Gasteiger charge is 2.68. The van der Waals surface area contributed by atoms with Gasteiger partial charge in [0.2, 0.25) is 0 Å². The number of hydrogen-bond donors (Lipinski definition) is 1. The Bertz CT molecular complexity index is 816. The third kappa shape index (κ3) is 4.98. The van der Waals surface area contributed by atoms with E-state index in [0.717, 1.165) is 17.7 Å². The summed E-state index contributed by atoms with van der Waals surface area (Å²) in [5, 5.41) is 0. The van der Waals surface area contributed by atoms with Crippen molar-refractivity contribution in [1.82, 2.24) is 4.72 Å². The average molecular weight is 477 g/mol. The lowest BCUT2D eigenvalue weighted by Crippen LogP contribution is -2.65. The van der Waals surface area contributed by atoms with E-state index >= 15 is 0 Å². The minimum Gasteiger partial charge on any atom is -0.598 e. The number of benzene rings is 1. The maximum Gasteiger partial charge on any atom is 0.480 e. The van der Waals surface area contributed by atoms with Crippen LogP contribution in [0.4, 0.5) is 0 Å². The van der Waals surface area contributed by atoms with Crippen molar-refractivity contribution in [2.45, 2.75) is 89.8 Å². The van der Waals surface area contributed by atoms with Gasteiger partial charge in [0.25, 0.3) is 0 Å². The highest BCUT2D eigenvalue weighted by atomic mass is 32.2. The molecule has 3 saturated carbocycles. The van der Waals surface area contributed by atoms with Crippen LogP contribution < -0.4 is 9.46 Å². The first-order chi connectivity index (χ1) is 15.4. The van der Waals surface area contributed by atoms with Crippen LogP contribution in [0.25, 0.3) is 0 Å². The smallest absolute Gasteiger partial charge is 0.480 e. The van der Waals surface area contributed by atoms with Crippen LogP contribution in [-0.4, -0.2) is 47.8 Å². The molecule has 6 atom stereocenters. The van der Waals surface area contributed by atoms with Gasteiger partial charge in [0.15, 0.2) is 0 Å². The summed E-state index contributed by atoms with van der Waals surface area (Å²) in [5.41, 5.74) is 1.10. The standard InChI is InChI=1S/C25H40BNO5S/c1-23(2,3)33(28)27-22(12-13-30-16-17-8-10-19(29-7)11-9-17)26-31-21-15-18-14-20(24(18,4)5)25(21,6)32-26/h8-11,18,20-22,27H,12-16H2,1-7H3/t18-,20-,21+,22-,25-,33?/m0/s1. The molecule has 1 aromatic rings. The Kier molecular flexibility index (Phi) is 7.18. The van der Waals surface area contributed by atoms with Gasteiger partial charge in [-0.15, -0.1) is 4.72 Å². The summed E-state index contributed by atoms with van der Waals surface area (Å²) in [4.78, 5) is 0. The Morgan fingerprint density at radius 2 is 1.91 bits per heavy atom. The van der Waals surface area contributed by atoms with Crippen molar-refractivity contribution in [3.63, 3.8) is 0 Å². The Balaban J connectivity index is 1.38. The lowest BCUT2D eigenvalue weighted by Gasteiger charge is -2.64. The predicted molar refractivity (Wildman–Crippen MR) is 132 cm³/mol. The van der Waals surface area contributed by atoms with E-state index < -0.39 is 18.5 Å². The third-order valence-electron chi connectivity index (χ3n) is 8.11. The molecule has 6 nitrogen and oxygen atoms in total. The van der Waals surface area contributed by atoms with Crippen LogP contribution in [0.3, 0.4) is 0 Å². The van der Waals surface area contributed by atoms with E-state index in [2.05, 4.69) is 25.5 Å². The Hall–Kier alpha value is -0.765. The summed E-state index contributed by atoms with van der Waals surface area (Å²) in [6.45, 7) is 13.9. The van der Waals surface area contributed by atoms with Gasteiger partial charge >= 0.3 is 7.12 Å². The molecule has 8 heteroatoms. The zero-order valence-corrected chi connectivity index (χ0v) is 22.0. The number of ether oxygens (including phenoxy) is 2. The summed E-state index contributed by atoms with van der Waals surface area (Å²) in [5.74, 6) is 1.83.